The van der Waals surface area contributed by atoms with Crippen LogP contribution in [0, 0.1) is 0 Å². The molecule has 1 unspecified atom stereocenters. The molecule has 0 aliphatic rings. The first kappa shape index (κ1) is 15.7. The molecule has 0 saturated carbocycles. The van der Waals surface area contributed by atoms with Gasteiger partial charge in [-0.05, 0) is 0 Å². The summed E-state index contributed by atoms with van der Waals surface area (Å²) >= 11 is 3.51. The van der Waals surface area contributed by atoms with Gasteiger partial charge in [-0.1, -0.05) is 0 Å². The molecule has 0 spiro atoms. The van der Waals surface area contributed by atoms with Gasteiger partial charge in [0.25, 0.3) is 0 Å². The van der Waals surface area contributed by atoms with Crippen LogP contribution < -0.4 is 10.4 Å². The maximum atomic E-state index is 3.88. The minimum absolute atomic E-state index is 0.341. The monoisotopic (exact) mass is 351 g/mol. The third kappa shape index (κ3) is 3.51. The summed E-state index contributed by atoms with van der Waals surface area (Å²) in [6, 6.07) is 21.8. The van der Waals surface area contributed by atoms with Crippen LogP contribution in [-0.4, -0.2) is 20.8 Å². The van der Waals surface area contributed by atoms with E-state index >= 15 is 0 Å². The molecule has 2 rings (SSSR count). The molecule has 0 aromatic heterocycles. The first-order valence-corrected chi connectivity index (χ1v) is 11.1. The van der Waals surface area contributed by atoms with Crippen molar-refractivity contribution in [3.63, 3.8) is 0 Å². The van der Waals surface area contributed by atoms with Crippen molar-refractivity contribution >= 4 is 26.1 Å². The fourth-order valence-corrected chi connectivity index (χ4v) is 6.42. The number of hydrogen-bond acceptors (Lipinski definition) is 1. The standard InChI is InChI=1S/C17H22NPSe/c1-14(2)19(20,17-12-8-5-9-13-17)18-15(3)16-10-6-4-7-11-16/h4-15H,1-3H3,(H,18,20)/t15-,19?/m1/s1. The van der Waals surface area contributed by atoms with Gasteiger partial charge in [-0.25, -0.2) is 0 Å². The van der Waals surface area contributed by atoms with Crippen LogP contribution in [0.15, 0.2) is 60.7 Å². The number of nitrogens with one attached hydrogen (secondary N) is 1. The Hall–Kier alpha value is -0.651. The summed E-state index contributed by atoms with van der Waals surface area (Å²) in [5.41, 5.74) is 0.412. The van der Waals surface area contributed by atoms with E-state index in [1.54, 1.807) is 0 Å². The molecule has 2 aromatic carbocycles. The van der Waals surface area contributed by atoms with Crippen LogP contribution in [0.2, 0.25) is 0 Å². The van der Waals surface area contributed by atoms with E-state index in [1.807, 2.05) is 0 Å². The second-order valence-corrected chi connectivity index (χ2v) is 12.1. The molecule has 0 fully saturated rings. The van der Waals surface area contributed by atoms with Crippen LogP contribution in [0.3, 0.4) is 0 Å². The van der Waals surface area contributed by atoms with Gasteiger partial charge in [0.2, 0.25) is 0 Å². The normalized spacial score (nSPS) is 15.8. The fourth-order valence-electron chi connectivity index (χ4n) is 2.28. The molecule has 0 bridgehead atoms. The fraction of sp³-hybridized carbons (Fsp3) is 0.294. The Bertz CT molecular complexity index is 580. The molecule has 0 radical (unpaired) electrons. The van der Waals surface area contributed by atoms with Gasteiger partial charge in [0.05, 0.1) is 0 Å². The zero-order valence-corrected chi connectivity index (χ0v) is 14.9. The van der Waals surface area contributed by atoms with Crippen molar-refractivity contribution in [2.24, 2.45) is 0 Å². The van der Waals surface area contributed by atoms with Gasteiger partial charge in [-0.15, -0.1) is 0 Å². The Morgan fingerprint density at radius 3 is 1.85 bits per heavy atom. The van der Waals surface area contributed by atoms with E-state index < -0.39 is 5.66 Å². The van der Waals surface area contributed by atoms with Crippen molar-refractivity contribution in [1.82, 2.24) is 5.09 Å². The van der Waals surface area contributed by atoms with Crippen LogP contribution in [0.25, 0.3) is 0 Å². The van der Waals surface area contributed by atoms with E-state index in [4.69, 9.17) is 0 Å². The second-order valence-electron chi connectivity index (χ2n) is 5.35. The molecule has 3 heteroatoms. The number of rotatable bonds is 5. The summed E-state index contributed by atoms with van der Waals surface area (Å²) in [6.07, 6.45) is 0. The Balaban J connectivity index is 2.29. The summed E-state index contributed by atoms with van der Waals surface area (Å²) in [5, 5.41) is 5.28. The summed E-state index contributed by atoms with van der Waals surface area (Å²) in [7, 11) is 0. The summed E-state index contributed by atoms with van der Waals surface area (Å²) in [4.78, 5) is 0. The van der Waals surface area contributed by atoms with Crippen molar-refractivity contribution in [3.8, 4) is 0 Å². The molecule has 0 aliphatic carbocycles. The third-order valence-corrected chi connectivity index (χ3v) is 11.5. The van der Waals surface area contributed by atoms with E-state index in [0.29, 0.717) is 11.7 Å². The first-order chi connectivity index (χ1) is 9.54. The van der Waals surface area contributed by atoms with Gasteiger partial charge in [-0.2, -0.15) is 0 Å². The van der Waals surface area contributed by atoms with Gasteiger partial charge in [0.15, 0.2) is 0 Å². The van der Waals surface area contributed by atoms with Crippen molar-refractivity contribution in [3.05, 3.63) is 66.2 Å². The Kier molecular flexibility index (Phi) is 5.41. The van der Waals surface area contributed by atoms with Crippen molar-refractivity contribution in [2.45, 2.75) is 32.5 Å². The van der Waals surface area contributed by atoms with Crippen LogP contribution in [-0.2, 0) is 0 Å². The summed E-state index contributed by atoms with van der Waals surface area (Å²) < 4.78 is 0. The predicted octanol–water partition coefficient (Wildman–Crippen LogP) is 4.09. The molecular formula is C17H22NPSe. The molecule has 0 amide bonds. The van der Waals surface area contributed by atoms with Gasteiger partial charge >= 0.3 is 130 Å². The van der Waals surface area contributed by atoms with E-state index in [2.05, 4.69) is 102 Å². The zero-order chi connectivity index (χ0) is 14.6. The topological polar surface area (TPSA) is 12.0 Å². The molecule has 2 aromatic rings. The van der Waals surface area contributed by atoms with Crippen LogP contribution in [0.1, 0.15) is 32.4 Å². The summed E-state index contributed by atoms with van der Waals surface area (Å²) in [5.74, 6) is 0. The van der Waals surface area contributed by atoms with Crippen LogP contribution >= 0.6 is 5.66 Å². The van der Waals surface area contributed by atoms with E-state index in [0.717, 1.165) is 0 Å². The van der Waals surface area contributed by atoms with Crippen molar-refractivity contribution in [2.75, 3.05) is 0 Å². The van der Waals surface area contributed by atoms with Crippen molar-refractivity contribution in [1.29, 1.82) is 0 Å². The van der Waals surface area contributed by atoms with Gasteiger partial charge in [0.1, 0.15) is 0 Å². The van der Waals surface area contributed by atoms with E-state index in [1.165, 1.54) is 10.9 Å². The molecule has 0 aliphatic heterocycles. The molecule has 0 heterocycles. The molecular weight excluding hydrogens is 328 g/mol. The molecule has 0 saturated heterocycles. The molecule has 106 valence electrons. The van der Waals surface area contributed by atoms with Gasteiger partial charge in [0, 0.05) is 0 Å². The predicted molar refractivity (Wildman–Crippen MR) is 91.9 cm³/mol. The third-order valence-electron chi connectivity index (χ3n) is 3.55. The quantitative estimate of drug-likeness (QED) is 0.633. The Morgan fingerprint density at radius 1 is 0.850 bits per heavy atom. The van der Waals surface area contributed by atoms with Gasteiger partial charge < -0.3 is 0 Å². The second kappa shape index (κ2) is 6.87. The average Bonchev–Trinajstić information content (AvgIpc) is 2.48. The Morgan fingerprint density at radius 2 is 1.35 bits per heavy atom. The van der Waals surface area contributed by atoms with Gasteiger partial charge in [-0.3, -0.25) is 0 Å². The van der Waals surface area contributed by atoms with Crippen molar-refractivity contribution < 1.29 is 0 Å². The summed E-state index contributed by atoms with van der Waals surface area (Å²) in [6.45, 7) is 6.83. The van der Waals surface area contributed by atoms with Crippen LogP contribution in [0.5, 0.6) is 0 Å². The van der Waals surface area contributed by atoms with E-state index in [9.17, 15) is 0 Å². The SMILES string of the molecule is CC(C)P(=[Se])(N[C@H](C)c1ccccc1)c1ccccc1. The number of hydrogen-bond donors (Lipinski definition) is 1. The zero-order valence-electron chi connectivity index (χ0n) is 12.3. The average molecular weight is 350 g/mol. The molecule has 1 N–H and O–H groups in total. The maximum absolute atomic E-state index is 3.88. The molecule has 2 atom stereocenters. The minimum atomic E-state index is -1.49. The molecule has 1 nitrogen and oxygen atoms in total. The number of benzene rings is 2. The molecule has 20 heavy (non-hydrogen) atoms. The first-order valence-electron chi connectivity index (χ1n) is 7.02. The van der Waals surface area contributed by atoms with E-state index in [-0.39, 0.29) is 0 Å². The Labute approximate surface area is 130 Å². The van der Waals surface area contributed by atoms with Crippen LogP contribution in [0.4, 0.5) is 0 Å².